The normalized spacial score (nSPS) is 29.1. The number of hydrogen-bond acceptors (Lipinski definition) is 4. The number of nitrogens with zero attached hydrogens (tertiary/aromatic N) is 1. The molecule has 3 rings (SSSR count). The Hall–Kier alpha value is -1.30. The third-order valence-electron chi connectivity index (χ3n) is 4.14. The number of ether oxygens (including phenoxy) is 1. The molecule has 2 aliphatic heterocycles. The topological polar surface area (TPSA) is 61.8 Å². The number of hydrogen-bond donors (Lipinski definition) is 2. The van der Waals surface area contributed by atoms with Crippen molar-refractivity contribution in [2.45, 2.75) is 31.5 Å². The largest absolute Gasteiger partial charge is 0.506 e. The highest BCUT2D eigenvalue weighted by atomic mass is 35.5. The van der Waals surface area contributed by atoms with E-state index in [1.165, 1.54) is 12.1 Å². The number of nitrogens with one attached hydrogen (secondary N) is 1. The van der Waals surface area contributed by atoms with Gasteiger partial charge < -0.3 is 15.2 Å². The lowest BCUT2D eigenvalue weighted by molar-refractivity contribution is -0.0390. The van der Waals surface area contributed by atoms with E-state index in [0.29, 0.717) is 11.6 Å². The van der Waals surface area contributed by atoms with E-state index in [1.807, 2.05) is 0 Å². The number of phenols is 1. The number of amides is 1. The third-order valence-corrected chi connectivity index (χ3v) is 4.46. The van der Waals surface area contributed by atoms with Crippen LogP contribution in [0.4, 0.5) is 0 Å². The summed E-state index contributed by atoms with van der Waals surface area (Å²) in [5, 5.41) is 12.8. The van der Waals surface area contributed by atoms with Crippen LogP contribution >= 0.6 is 11.6 Å². The molecule has 21 heavy (non-hydrogen) atoms. The van der Waals surface area contributed by atoms with E-state index < -0.39 is 0 Å². The summed E-state index contributed by atoms with van der Waals surface area (Å²) in [6.45, 7) is 4.57. The summed E-state index contributed by atoms with van der Waals surface area (Å²) in [6, 6.07) is 5.05. The summed E-state index contributed by atoms with van der Waals surface area (Å²) in [5.41, 5.74) is 0.423. The van der Waals surface area contributed by atoms with Crippen molar-refractivity contribution >= 4 is 17.5 Å². The van der Waals surface area contributed by atoms with E-state index in [-0.39, 0.29) is 28.8 Å². The fourth-order valence-corrected chi connectivity index (χ4v) is 3.18. The first-order valence-corrected chi connectivity index (χ1v) is 7.56. The molecule has 1 aromatic carbocycles. The quantitative estimate of drug-likeness (QED) is 0.872. The molecule has 2 fully saturated rings. The zero-order valence-electron chi connectivity index (χ0n) is 11.9. The van der Waals surface area contributed by atoms with Crippen LogP contribution in [-0.4, -0.2) is 53.8 Å². The van der Waals surface area contributed by atoms with Gasteiger partial charge in [0.05, 0.1) is 17.7 Å². The Labute approximate surface area is 128 Å². The lowest BCUT2D eigenvalue weighted by Crippen LogP contribution is -2.45. The van der Waals surface area contributed by atoms with Crippen molar-refractivity contribution in [3.8, 4) is 5.75 Å². The summed E-state index contributed by atoms with van der Waals surface area (Å²) in [5.74, 6) is -0.254. The molecule has 0 saturated carbocycles. The average molecular weight is 311 g/mol. The second-order valence-corrected chi connectivity index (χ2v) is 6.23. The summed E-state index contributed by atoms with van der Waals surface area (Å²) in [6.07, 6.45) is 1.15. The van der Waals surface area contributed by atoms with Gasteiger partial charge in [0.1, 0.15) is 5.75 Å². The molecule has 2 aliphatic rings. The van der Waals surface area contributed by atoms with Gasteiger partial charge in [0, 0.05) is 30.7 Å². The van der Waals surface area contributed by atoms with Crippen molar-refractivity contribution in [2.24, 2.45) is 0 Å². The summed E-state index contributed by atoms with van der Waals surface area (Å²) in [7, 11) is 0. The first kappa shape index (κ1) is 14.6. The maximum atomic E-state index is 12.2. The van der Waals surface area contributed by atoms with Gasteiger partial charge in [0.15, 0.2) is 0 Å². The van der Waals surface area contributed by atoms with Gasteiger partial charge in [-0.1, -0.05) is 11.6 Å². The molecule has 0 aliphatic carbocycles. The highest BCUT2D eigenvalue weighted by Crippen LogP contribution is 2.25. The van der Waals surface area contributed by atoms with Crippen LogP contribution in [0.25, 0.3) is 0 Å². The standard InChI is InChI=1S/C15H19ClN2O3/c1-9-6-18-7-11(5-12(18)8-21-9)17-15(20)10-2-3-13(16)14(19)4-10/h2-4,9,11-12,19H,5-8H2,1H3,(H,17,20)/t9-,11-,12-/m0/s1. The van der Waals surface area contributed by atoms with Crippen LogP contribution in [0, 0.1) is 0 Å². The molecular formula is C15H19ClN2O3. The second kappa shape index (κ2) is 5.83. The zero-order chi connectivity index (χ0) is 15.0. The third kappa shape index (κ3) is 3.15. The number of carbonyl (C=O) groups excluding carboxylic acids is 1. The molecule has 0 radical (unpaired) electrons. The molecule has 2 saturated heterocycles. The smallest absolute Gasteiger partial charge is 0.251 e. The fraction of sp³-hybridized carbons (Fsp3) is 0.533. The lowest BCUT2D eigenvalue weighted by atomic mass is 10.1. The first-order valence-electron chi connectivity index (χ1n) is 7.18. The molecule has 1 amide bonds. The number of carbonyl (C=O) groups is 1. The Balaban J connectivity index is 1.62. The molecular weight excluding hydrogens is 292 g/mol. The Morgan fingerprint density at radius 3 is 3.05 bits per heavy atom. The predicted molar refractivity (Wildman–Crippen MR) is 79.8 cm³/mol. The summed E-state index contributed by atoms with van der Waals surface area (Å²) < 4.78 is 5.66. The minimum Gasteiger partial charge on any atom is -0.506 e. The first-order chi connectivity index (χ1) is 10.0. The van der Waals surface area contributed by atoms with Gasteiger partial charge in [-0.25, -0.2) is 0 Å². The highest BCUT2D eigenvalue weighted by molar-refractivity contribution is 6.32. The minimum absolute atomic E-state index is 0.0737. The number of rotatable bonds is 2. The van der Waals surface area contributed by atoms with Crippen LogP contribution < -0.4 is 5.32 Å². The average Bonchev–Trinajstić information content (AvgIpc) is 2.83. The molecule has 3 atom stereocenters. The van der Waals surface area contributed by atoms with Crippen LogP contribution in [0.5, 0.6) is 5.75 Å². The van der Waals surface area contributed by atoms with Crippen LogP contribution in [0.1, 0.15) is 23.7 Å². The van der Waals surface area contributed by atoms with Gasteiger partial charge >= 0.3 is 0 Å². The second-order valence-electron chi connectivity index (χ2n) is 5.82. The van der Waals surface area contributed by atoms with Crippen molar-refractivity contribution in [2.75, 3.05) is 19.7 Å². The number of phenolic OH excluding ortho intramolecular Hbond substituents is 1. The van der Waals surface area contributed by atoms with Crippen LogP contribution in [-0.2, 0) is 4.74 Å². The number of fused-ring (bicyclic) bond motifs is 1. The molecule has 0 unspecified atom stereocenters. The number of halogens is 1. The maximum Gasteiger partial charge on any atom is 0.251 e. The van der Waals surface area contributed by atoms with E-state index in [0.717, 1.165) is 26.1 Å². The van der Waals surface area contributed by atoms with Crippen molar-refractivity contribution in [1.29, 1.82) is 0 Å². The van der Waals surface area contributed by atoms with Crippen LogP contribution in [0.2, 0.25) is 5.02 Å². The molecule has 2 N–H and O–H groups in total. The predicted octanol–water partition coefficient (Wildman–Crippen LogP) is 1.64. The van der Waals surface area contributed by atoms with E-state index >= 15 is 0 Å². The van der Waals surface area contributed by atoms with Crippen molar-refractivity contribution in [3.05, 3.63) is 28.8 Å². The molecule has 2 heterocycles. The molecule has 0 bridgehead atoms. The molecule has 0 aromatic heterocycles. The Morgan fingerprint density at radius 1 is 1.48 bits per heavy atom. The van der Waals surface area contributed by atoms with E-state index in [1.54, 1.807) is 6.07 Å². The van der Waals surface area contributed by atoms with Crippen molar-refractivity contribution in [3.63, 3.8) is 0 Å². The molecule has 6 heteroatoms. The van der Waals surface area contributed by atoms with E-state index in [2.05, 4.69) is 17.1 Å². The van der Waals surface area contributed by atoms with Gasteiger partial charge in [-0.2, -0.15) is 0 Å². The van der Waals surface area contributed by atoms with Gasteiger partial charge in [0.25, 0.3) is 5.91 Å². The van der Waals surface area contributed by atoms with Gasteiger partial charge in [-0.3, -0.25) is 9.69 Å². The zero-order valence-corrected chi connectivity index (χ0v) is 12.6. The number of morpholine rings is 1. The Bertz CT molecular complexity index is 552. The maximum absolute atomic E-state index is 12.2. The number of aromatic hydroxyl groups is 1. The van der Waals surface area contributed by atoms with E-state index in [4.69, 9.17) is 16.3 Å². The highest BCUT2D eigenvalue weighted by Gasteiger charge is 2.36. The van der Waals surface area contributed by atoms with Crippen LogP contribution in [0.3, 0.4) is 0 Å². The van der Waals surface area contributed by atoms with E-state index in [9.17, 15) is 9.90 Å². The van der Waals surface area contributed by atoms with Gasteiger partial charge in [0.2, 0.25) is 0 Å². The van der Waals surface area contributed by atoms with Gasteiger partial charge in [-0.15, -0.1) is 0 Å². The molecule has 0 spiro atoms. The monoisotopic (exact) mass is 310 g/mol. The van der Waals surface area contributed by atoms with Crippen molar-refractivity contribution < 1.29 is 14.6 Å². The fourth-order valence-electron chi connectivity index (χ4n) is 3.07. The molecule has 1 aromatic rings. The molecule has 114 valence electrons. The minimum atomic E-state index is -0.180. The number of benzene rings is 1. The van der Waals surface area contributed by atoms with Crippen molar-refractivity contribution in [1.82, 2.24) is 10.2 Å². The van der Waals surface area contributed by atoms with Crippen LogP contribution in [0.15, 0.2) is 18.2 Å². The molecule has 5 nitrogen and oxygen atoms in total. The Morgan fingerprint density at radius 2 is 2.29 bits per heavy atom. The lowest BCUT2D eigenvalue weighted by Gasteiger charge is -2.33. The Kier molecular flexibility index (Phi) is 4.06. The SMILES string of the molecule is C[C@H]1CN2C[C@@H](NC(=O)c3ccc(Cl)c(O)c3)C[C@H]2CO1. The van der Waals surface area contributed by atoms with Gasteiger partial charge in [-0.05, 0) is 31.5 Å². The summed E-state index contributed by atoms with van der Waals surface area (Å²) in [4.78, 5) is 14.6. The summed E-state index contributed by atoms with van der Waals surface area (Å²) >= 11 is 5.75.